The Morgan fingerprint density at radius 2 is 1.71 bits per heavy atom. The maximum Gasteiger partial charge on any atom is 0.252 e. The molecule has 6 heteroatoms. The quantitative estimate of drug-likeness (QED) is 0.701. The van der Waals surface area contributed by atoms with Crippen molar-refractivity contribution in [2.75, 3.05) is 32.1 Å². The molecule has 0 spiro atoms. The molecule has 28 heavy (non-hydrogen) atoms. The molecule has 0 radical (unpaired) electrons. The second-order valence-corrected chi connectivity index (χ2v) is 8.37. The first-order valence-corrected chi connectivity index (χ1v) is 10.3. The highest BCUT2D eigenvalue weighted by Crippen LogP contribution is 2.39. The zero-order valence-electron chi connectivity index (χ0n) is 17.3. The standard InChI is InChI=1S/C22H33N3O3/c1-16-6-7-18(14-17(16)2)25-19(26)21(8-4-5-9-21)15-24-20(27)22(28-3)10-12-23-13-11-22/h6-7,14,23H,4-5,8-13,15H2,1-3H3,(H,24,27)(H,25,26). The van der Waals surface area contributed by atoms with Crippen LogP contribution in [0.5, 0.6) is 0 Å². The molecule has 0 aromatic heterocycles. The van der Waals surface area contributed by atoms with E-state index >= 15 is 0 Å². The molecular weight excluding hydrogens is 354 g/mol. The average Bonchev–Trinajstić information content (AvgIpc) is 3.20. The van der Waals surface area contributed by atoms with E-state index in [2.05, 4.69) is 22.9 Å². The number of anilines is 1. The Morgan fingerprint density at radius 3 is 2.32 bits per heavy atom. The minimum absolute atomic E-state index is 0.00494. The van der Waals surface area contributed by atoms with E-state index in [1.54, 1.807) is 7.11 Å². The smallest absolute Gasteiger partial charge is 0.252 e. The number of rotatable bonds is 6. The second kappa shape index (κ2) is 8.62. The van der Waals surface area contributed by atoms with Crippen LogP contribution in [0, 0.1) is 19.3 Å². The summed E-state index contributed by atoms with van der Waals surface area (Å²) in [5, 5.41) is 9.41. The van der Waals surface area contributed by atoms with Gasteiger partial charge in [0.05, 0.1) is 5.41 Å². The van der Waals surface area contributed by atoms with Gasteiger partial charge in [-0.2, -0.15) is 0 Å². The van der Waals surface area contributed by atoms with Crippen molar-refractivity contribution in [3.63, 3.8) is 0 Å². The third-order valence-corrected chi connectivity index (χ3v) is 6.61. The maximum absolute atomic E-state index is 13.2. The van der Waals surface area contributed by atoms with Gasteiger partial charge in [0.1, 0.15) is 5.60 Å². The Morgan fingerprint density at radius 1 is 1.04 bits per heavy atom. The zero-order chi connectivity index (χ0) is 20.2. The van der Waals surface area contributed by atoms with Crippen LogP contribution in [0.15, 0.2) is 18.2 Å². The Labute approximate surface area is 167 Å². The summed E-state index contributed by atoms with van der Waals surface area (Å²) >= 11 is 0. The fraction of sp³-hybridized carbons (Fsp3) is 0.636. The molecule has 6 nitrogen and oxygen atoms in total. The number of methoxy groups -OCH3 is 1. The predicted molar refractivity (Wildman–Crippen MR) is 110 cm³/mol. The van der Waals surface area contributed by atoms with Crippen molar-refractivity contribution in [2.45, 2.75) is 58.0 Å². The summed E-state index contributed by atoms with van der Waals surface area (Å²) in [5.41, 5.74) is 1.84. The molecule has 1 aliphatic carbocycles. The number of carbonyl (C=O) groups excluding carboxylic acids is 2. The number of aryl methyl sites for hydroxylation is 2. The van der Waals surface area contributed by atoms with E-state index in [0.717, 1.165) is 50.0 Å². The van der Waals surface area contributed by atoms with Crippen molar-refractivity contribution in [3.8, 4) is 0 Å². The minimum atomic E-state index is -0.782. The lowest BCUT2D eigenvalue weighted by molar-refractivity contribution is -0.147. The van der Waals surface area contributed by atoms with E-state index < -0.39 is 11.0 Å². The van der Waals surface area contributed by atoms with Crippen LogP contribution in [0.25, 0.3) is 0 Å². The van der Waals surface area contributed by atoms with Crippen LogP contribution in [0.3, 0.4) is 0 Å². The summed E-state index contributed by atoms with van der Waals surface area (Å²) in [6.45, 7) is 5.99. The molecule has 1 aromatic carbocycles. The van der Waals surface area contributed by atoms with E-state index in [4.69, 9.17) is 4.74 Å². The summed E-state index contributed by atoms with van der Waals surface area (Å²) in [6.07, 6.45) is 4.91. The van der Waals surface area contributed by atoms with Gasteiger partial charge in [-0.1, -0.05) is 18.9 Å². The molecule has 1 heterocycles. The van der Waals surface area contributed by atoms with E-state index in [-0.39, 0.29) is 11.8 Å². The molecule has 3 rings (SSSR count). The Balaban J connectivity index is 1.68. The Hall–Kier alpha value is -1.92. The first-order chi connectivity index (χ1) is 13.4. The molecule has 2 amide bonds. The normalized spacial score (nSPS) is 20.5. The lowest BCUT2D eigenvalue weighted by Gasteiger charge is -2.36. The Kier molecular flexibility index (Phi) is 6.40. The highest BCUT2D eigenvalue weighted by atomic mass is 16.5. The Bertz CT molecular complexity index is 720. The number of amides is 2. The van der Waals surface area contributed by atoms with Crippen molar-refractivity contribution in [1.82, 2.24) is 10.6 Å². The van der Waals surface area contributed by atoms with Crippen LogP contribution in [-0.4, -0.2) is 44.2 Å². The van der Waals surface area contributed by atoms with Gasteiger partial charge in [-0.25, -0.2) is 0 Å². The van der Waals surface area contributed by atoms with Gasteiger partial charge in [0.15, 0.2) is 0 Å². The summed E-state index contributed by atoms with van der Waals surface area (Å²) in [7, 11) is 1.60. The van der Waals surface area contributed by atoms with Gasteiger partial charge in [-0.3, -0.25) is 9.59 Å². The summed E-state index contributed by atoms with van der Waals surface area (Å²) in [4.78, 5) is 26.1. The van der Waals surface area contributed by atoms with Crippen molar-refractivity contribution in [2.24, 2.45) is 5.41 Å². The van der Waals surface area contributed by atoms with E-state index in [1.807, 2.05) is 25.1 Å². The number of hydrogen-bond donors (Lipinski definition) is 3. The monoisotopic (exact) mass is 387 g/mol. The highest BCUT2D eigenvalue weighted by Gasteiger charge is 2.44. The number of carbonyl (C=O) groups is 2. The van der Waals surface area contributed by atoms with Crippen LogP contribution in [0.4, 0.5) is 5.69 Å². The van der Waals surface area contributed by atoms with Crippen molar-refractivity contribution in [3.05, 3.63) is 29.3 Å². The van der Waals surface area contributed by atoms with Gasteiger partial charge in [-0.05, 0) is 75.9 Å². The lowest BCUT2D eigenvalue weighted by atomic mass is 9.84. The highest BCUT2D eigenvalue weighted by molar-refractivity contribution is 5.96. The van der Waals surface area contributed by atoms with Crippen molar-refractivity contribution in [1.29, 1.82) is 0 Å². The minimum Gasteiger partial charge on any atom is -0.368 e. The largest absolute Gasteiger partial charge is 0.368 e. The molecule has 1 aromatic rings. The molecule has 0 unspecified atom stereocenters. The number of benzene rings is 1. The molecule has 1 aliphatic heterocycles. The molecule has 3 N–H and O–H groups in total. The van der Waals surface area contributed by atoms with Gasteiger partial charge >= 0.3 is 0 Å². The van der Waals surface area contributed by atoms with Crippen LogP contribution >= 0.6 is 0 Å². The topological polar surface area (TPSA) is 79.5 Å². The van der Waals surface area contributed by atoms with E-state index in [9.17, 15) is 9.59 Å². The summed E-state index contributed by atoms with van der Waals surface area (Å²) < 4.78 is 5.62. The summed E-state index contributed by atoms with van der Waals surface area (Å²) in [6, 6.07) is 5.97. The SMILES string of the molecule is COC1(C(=O)NCC2(C(=O)Nc3ccc(C)c(C)c3)CCCC2)CCNCC1. The fourth-order valence-corrected chi connectivity index (χ4v) is 4.38. The molecule has 2 fully saturated rings. The second-order valence-electron chi connectivity index (χ2n) is 8.37. The van der Waals surface area contributed by atoms with E-state index in [1.165, 1.54) is 5.56 Å². The molecule has 154 valence electrons. The van der Waals surface area contributed by atoms with Crippen molar-refractivity contribution < 1.29 is 14.3 Å². The van der Waals surface area contributed by atoms with Gasteiger partial charge in [0.25, 0.3) is 5.91 Å². The van der Waals surface area contributed by atoms with Gasteiger partial charge in [-0.15, -0.1) is 0 Å². The van der Waals surface area contributed by atoms with Crippen LogP contribution < -0.4 is 16.0 Å². The number of nitrogens with one attached hydrogen (secondary N) is 3. The maximum atomic E-state index is 13.2. The van der Waals surface area contributed by atoms with Crippen LogP contribution in [0.1, 0.15) is 49.7 Å². The van der Waals surface area contributed by atoms with Crippen molar-refractivity contribution >= 4 is 17.5 Å². The van der Waals surface area contributed by atoms with E-state index in [0.29, 0.717) is 19.4 Å². The zero-order valence-corrected chi connectivity index (χ0v) is 17.3. The third-order valence-electron chi connectivity index (χ3n) is 6.61. The molecule has 0 atom stereocenters. The number of hydrogen-bond acceptors (Lipinski definition) is 4. The third kappa shape index (κ3) is 4.23. The first-order valence-electron chi connectivity index (χ1n) is 10.3. The molecule has 1 saturated heterocycles. The summed E-state index contributed by atoms with van der Waals surface area (Å²) in [5.74, 6) is -0.0907. The average molecular weight is 388 g/mol. The predicted octanol–water partition coefficient (Wildman–Crippen LogP) is 2.69. The molecule has 2 aliphatic rings. The molecule has 1 saturated carbocycles. The molecular formula is C22H33N3O3. The van der Waals surface area contributed by atoms with Gasteiger partial charge in [0, 0.05) is 19.3 Å². The lowest BCUT2D eigenvalue weighted by Crippen LogP contribution is -2.56. The fourth-order valence-electron chi connectivity index (χ4n) is 4.38. The van der Waals surface area contributed by atoms with Gasteiger partial charge in [0.2, 0.25) is 5.91 Å². The van der Waals surface area contributed by atoms with Gasteiger partial charge < -0.3 is 20.7 Å². The number of piperidine rings is 1. The molecule has 0 bridgehead atoms. The van der Waals surface area contributed by atoms with Crippen LogP contribution in [0.2, 0.25) is 0 Å². The van der Waals surface area contributed by atoms with Crippen LogP contribution in [-0.2, 0) is 14.3 Å². The first kappa shape index (κ1) is 20.8. The number of ether oxygens (including phenoxy) is 1.